The normalized spacial score (nSPS) is 12.6. The molecular formula is C17H25N3. The van der Waals surface area contributed by atoms with Gasteiger partial charge >= 0.3 is 0 Å². The van der Waals surface area contributed by atoms with Crippen LogP contribution in [0.15, 0.2) is 36.4 Å². The number of likely N-dealkylation sites (N-methyl/N-ethyl adjacent to an activating group) is 1. The standard InChI is InChI=1S/C17H25N3/c1-14-12-17(20(3)19-14)13-16(18-2)11-7-10-15-8-5-4-6-9-15/h4-6,8-9,12,16,18H,7,10-11,13H2,1-3H3. The summed E-state index contributed by atoms with van der Waals surface area (Å²) in [5.41, 5.74) is 3.84. The summed E-state index contributed by atoms with van der Waals surface area (Å²) in [5, 5.41) is 7.85. The molecule has 1 N–H and O–H groups in total. The van der Waals surface area contributed by atoms with Crippen LogP contribution in [0.5, 0.6) is 0 Å². The predicted molar refractivity (Wildman–Crippen MR) is 83.9 cm³/mol. The summed E-state index contributed by atoms with van der Waals surface area (Å²) in [4.78, 5) is 0. The Morgan fingerprint density at radius 2 is 2.00 bits per heavy atom. The van der Waals surface area contributed by atoms with Crippen molar-refractivity contribution in [3.05, 3.63) is 53.3 Å². The summed E-state index contributed by atoms with van der Waals surface area (Å²) < 4.78 is 2.00. The van der Waals surface area contributed by atoms with E-state index in [0.29, 0.717) is 6.04 Å². The number of benzene rings is 1. The zero-order chi connectivity index (χ0) is 14.4. The molecule has 1 atom stereocenters. The molecular weight excluding hydrogens is 246 g/mol. The van der Waals surface area contributed by atoms with Gasteiger partial charge in [-0.2, -0.15) is 5.10 Å². The molecule has 1 unspecified atom stereocenters. The van der Waals surface area contributed by atoms with Crippen molar-refractivity contribution in [1.29, 1.82) is 0 Å². The van der Waals surface area contributed by atoms with E-state index in [4.69, 9.17) is 0 Å². The van der Waals surface area contributed by atoms with Gasteiger partial charge in [-0.15, -0.1) is 0 Å². The second-order valence-electron chi connectivity index (χ2n) is 5.47. The largest absolute Gasteiger partial charge is 0.317 e. The molecule has 0 bridgehead atoms. The van der Waals surface area contributed by atoms with Crippen molar-refractivity contribution in [2.75, 3.05) is 7.05 Å². The second-order valence-corrected chi connectivity index (χ2v) is 5.47. The monoisotopic (exact) mass is 271 g/mol. The Morgan fingerprint density at radius 3 is 2.60 bits per heavy atom. The molecule has 0 aliphatic rings. The minimum Gasteiger partial charge on any atom is -0.317 e. The quantitative estimate of drug-likeness (QED) is 0.839. The molecule has 0 amide bonds. The summed E-state index contributed by atoms with van der Waals surface area (Å²) in [6.07, 6.45) is 4.61. The number of hydrogen-bond acceptors (Lipinski definition) is 2. The van der Waals surface area contributed by atoms with E-state index in [9.17, 15) is 0 Å². The summed E-state index contributed by atoms with van der Waals surface area (Å²) in [5.74, 6) is 0. The Morgan fingerprint density at radius 1 is 1.25 bits per heavy atom. The van der Waals surface area contributed by atoms with Crippen LogP contribution in [-0.2, 0) is 19.9 Å². The van der Waals surface area contributed by atoms with Crippen LogP contribution in [0.3, 0.4) is 0 Å². The number of aryl methyl sites for hydroxylation is 3. The van der Waals surface area contributed by atoms with Crippen molar-refractivity contribution in [2.45, 2.75) is 38.6 Å². The minimum absolute atomic E-state index is 0.522. The first-order valence-corrected chi connectivity index (χ1v) is 7.39. The lowest BCUT2D eigenvalue weighted by atomic mass is 10.0. The van der Waals surface area contributed by atoms with Gasteiger partial charge in [0.15, 0.2) is 0 Å². The van der Waals surface area contributed by atoms with Crippen LogP contribution in [0.4, 0.5) is 0 Å². The van der Waals surface area contributed by atoms with Gasteiger partial charge in [0.05, 0.1) is 5.69 Å². The molecule has 0 aliphatic carbocycles. The first-order valence-electron chi connectivity index (χ1n) is 7.39. The molecule has 3 heteroatoms. The van der Waals surface area contributed by atoms with Gasteiger partial charge in [0.1, 0.15) is 0 Å². The first kappa shape index (κ1) is 14.8. The zero-order valence-electron chi connectivity index (χ0n) is 12.8. The minimum atomic E-state index is 0.522. The summed E-state index contributed by atoms with van der Waals surface area (Å²) in [6.45, 7) is 2.05. The molecule has 2 rings (SSSR count). The fourth-order valence-corrected chi connectivity index (χ4v) is 2.65. The van der Waals surface area contributed by atoms with E-state index in [1.54, 1.807) is 0 Å². The van der Waals surface area contributed by atoms with E-state index in [0.717, 1.165) is 18.5 Å². The topological polar surface area (TPSA) is 29.9 Å². The Kier molecular flexibility index (Phi) is 5.36. The van der Waals surface area contributed by atoms with Gasteiger partial charge in [0.25, 0.3) is 0 Å². The third-order valence-corrected chi connectivity index (χ3v) is 3.82. The molecule has 108 valence electrons. The van der Waals surface area contributed by atoms with Gasteiger partial charge in [-0.1, -0.05) is 30.3 Å². The number of hydrogen-bond donors (Lipinski definition) is 1. The van der Waals surface area contributed by atoms with Gasteiger partial charge in [0, 0.05) is 25.2 Å². The van der Waals surface area contributed by atoms with Crippen LogP contribution in [0, 0.1) is 6.92 Å². The van der Waals surface area contributed by atoms with E-state index in [1.807, 2.05) is 18.7 Å². The van der Waals surface area contributed by atoms with E-state index >= 15 is 0 Å². The van der Waals surface area contributed by atoms with Crippen molar-refractivity contribution in [1.82, 2.24) is 15.1 Å². The number of aromatic nitrogens is 2. The Bertz CT molecular complexity index is 516. The maximum absolute atomic E-state index is 4.42. The highest BCUT2D eigenvalue weighted by Gasteiger charge is 2.10. The van der Waals surface area contributed by atoms with Gasteiger partial charge < -0.3 is 5.32 Å². The van der Waals surface area contributed by atoms with Gasteiger partial charge in [0.2, 0.25) is 0 Å². The van der Waals surface area contributed by atoms with E-state index < -0.39 is 0 Å². The lowest BCUT2D eigenvalue weighted by Crippen LogP contribution is -2.28. The molecule has 1 aromatic carbocycles. The van der Waals surface area contributed by atoms with Crippen molar-refractivity contribution in [3.8, 4) is 0 Å². The smallest absolute Gasteiger partial charge is 0.0596 e. The van der Waals surface area contributed by atoms with Gasteiger partial charge in [-0.05, 0) is 44.9 Å². The molecule has 0 aliphatic heterocycles. The number of nitrogens with zero attached hydrogens (tertiary/aromatic N) is 2. The van der Waals surface area contributed by atoms with Crippen molar-refractivity contribution >= 4 is 0 Å². The first-order chi connectivity index (χ1) is 9.69. The molecule has 2 aromatic rings. The highest BCUT2D eigenvalue weighted by atomic mass is 15.3. The van der Waals surface area contributed by atoms with Gasteiger partial charge in [-0.3, -0.25) is 4.68 Å². The van der Waals surface area contributed by atoms with Gasteiger partial charge in [-0.25, -0.2) is 0 Å². The van der Waals surface area contributed by atoms with Crippen molar-refractivity contribution < 1.29 is 0 Å². The maximum atomic E-state index is 4.42. The maximum Gasteiger partial charge on any atom is 0.0596 e. The van der Waals surface area contributed by atoms with E-state index in [-0.39, 0.29) is 0 Å². The van der Waals surface area contributed by atoms with Crippen molar-refractivity contribution in [2.24, 2.45) is 7.05 Å². The van der Waals surface area contributed by atoms with Crippen LogP contribution >= 0.6 is 0 Å². The highest BCUT2D eigenvalue weighted by molar-refractivity contribution is 5.14. The Hall–Kier alpha value is -1.61. The average Bonchev–Trinajstić information content (AvgIpc) is 2.77. The van der Waals surface area contributed by atoms with Crippen LogP contribution in [-0.4, -0.2) is 22.9 Å². The molecule has 0 radical (unpaired) electrons. The summed E-state index contributed by atoms with van der Waals surface area (Å²) in [6, 6.07) is 13.4. The fourth-order valence-electron chi connectivity index (χ4n) is 2.65. The molecule has 1 aromatic heterocycles. The third-order valence-electron chi connectivity index (χ3n) is 3.82. The zero-order valence-corrected chi connectivity index (χ0v) is 12.8. The molecule has 0 saturated carbocycles. The molecule has 20 heavy (non-hydrogen) atoms. The van der Waals surface area contributed by atoms with E-state index in [1.165, 1.54) is 24.1 Å². The Labute approximate surface area is 122 Å². The Balaban J connectivity index is 1.82. The van der Waals surface area contributed by atoms with Crippen LogP contribution < -0.4 is 5.32 Å². The molecule has 1 heterocycles. The molecule has 0 saturated heterocycles. The molecule has 0 spiro atoms. The lowest BCUT2D eigenvalue weighted by Gasteiger charge is -2.16. The fraction of sp³-hybridized carbons (Fsp3) is 0.471. The predicted octanol–water partition coefficient (Wildman–Crippen LogP) is 2.88. The average molecular weight is 271 g/mol. The van der Waals surface area contributed by atoms with Crippen LogP contribution in [0.25, 0.3) is 0 Å². The van der Waals surface area contributed by atoms with Crippen molar-refractivity contribution in [3.63, 3.8) is 0 Å². The van der Waals surface area contributed by atoms with Crippen LogP contribution in [0.2, 0.25) is 0 Å². The summed E-state index contributed by atoms with van der Waals surface area (Å²) in [7, 11) is 4.08. The second kappa shape index (κ2) is 7.25. The van der Waals surface area contributed by atoms with Crippen LogP contribution in [0.1, 0.15) is 29.8 Å². The summed E-state index contributed by atoms with van der Waals surface area (Å²) >= 11 is 0. The van der Waals surface area contributed by atoms with E-state index in [2.05, 4.69) is 53.9 Å². The molecule has 0 fully saturated rings. The third kappa shape index (κ3) is 4.20. The number of rotatable bonds is 7. The molecule has 3 nitrogen and oxygen atoms in total. The number of nitrogens with one attached hydrogen (secondary N) is 1. The highest BCUT2D eigenvalue weighted by Crippen LogP contribution is 2.11. The lowest BCUT2D eigenvalue weighted by molar-refractivity contribution is 0.487. The SMILES string of the molecule is CNC(CCCc1ccccc1)Cc1cc(C)nn1C.